The first-order valence-electron chi connectivity index (χ1n) is 9.00. The van der Waals surface area contributed by atoms with E-state index in [4.69, 9.17) is 16.6 Å². The van der Waals surface area contributed by atoms with E-state index >= 15 is 0 Å². The Balaban J connectivity index is 1.77. The van der Waals surface area contributed by atoms with E-state index in [0.29, 0.717) is 22.3 Å². The third-order valence-electron chi connectivity index (χ3n) is 4.46. The van der Waals surface area contributed by atoms with Gasteiger partial charge in [-0.3, -0.25) is 14.7 Å². The second-order valence-electron chi connectivity index (χ2n) is 6.41. The van der Waals surface area contributed by atoms with Gasteiger partial charge < -0.3 is 0 Å². The summed E-state index contributed by atoms with van der Waals surface area (Å²) in [7, 11) is 0. The van der Waals surface area contributed by atoms with Crippen LogP contribution < -0.4 is 4.90 Å². The van der Waals surface area contributed by atoms with E-state index in [2.05, 4.69) is 24.0 Å². The minimum atomic E-state index is -0.138. The van der Waals surface area contributed by atoms with Crippen LogP contribution in [0.5, 0.6) is 0 Å². The summed E-state index contributed by atoms with van der Waals surface area (Å²) in [5, 5.41) is 1.20. The number of hydrogen-bond donors (Lipinski definition) is 0. The maximum atomic E-state index is 13.3. The number of aryl methyl sites for hydroxylation is 1. The third kappa shape index (κ3) is 3.91. The molecule has 0 aliphatic rings. The van der Waals surface area contributed by atoms with Crippen LogP contribution >= 0.6 is 22.9 Å². The van der Waals surface area contributed by atoms with Crippen molar-refractivity contribution < 1.29 is 4.79 Å². The lowest BCUT2D eigenvalue weighted by Gasteiger charge is -2.20. The molecule has 2 aromatic carbocycles. The van der Waals surface area contributed by atoms with Crippen LogP contribution in [0.4, 0.5) is 5.13 Å². The molecule has 0 fully saturated rings. The van der Waals surface area contributed by atoms with Crippen LogP contribution in [0.2, 0.25) is 5.02 Å². The fourth-order valence-corrected chi connectivity index (χ4v) is 4.19. The molecule has 0 saturated carbocycles. The van der Waals surface area contributed by atoms with Gasteiger partial charge in [0.2, 0.25) is 0 Å². The second kappa shape index (κ2) is 8.09. The number of hydrogen-bond acceptors (Lipinski definition) is 4. The zero-order valence-electron chi connectivity index (χ0n) is 15.3. The van der Waals surface area contributed by atoms with Crippen molar-refractivity contribution in [2.75, 3.05) is 4.90 Å². The molecule has 0 aliphatic carbocycles. The molecule has 0 spiro atoms. The number of aromatic nitrogens is 2. The molecule has 4 nitrogen and oxygen atoms in total. The normalized spacial score (nSPS) is 10.9. The van der Waals surface area contributed by atoms with E-state index in [-0.39, 0.29) is 5.91 Å². The predicted molar refractivity (Wildman–Crippen MR) is 115 cm³/mol. The van der Waals surface area contributed by atoms with Crippen LogP contribution in [0.3, 0.4) is 0 Å². The summed E-state index contributed by atoms with van der Waals surface area (Å²) < 4.78 is 1.07. The van der Waals surface area contributed by atoms with Gasteiger partial charge in [-0.15, -0.1) is 0 Å². The van der Waals surface area contributed by atoms with Gasteiger partial charge in [-0.2, -0.15) is 0 Å². The largest absolute Gasteiger partial charge is 0.279 e. The summed E-state index contributed by atoms with van der Waals surface area (Å²) in [4.78, 5) is 23.9. The zero-order chi connectivity index (χ0) is 19.5. The highest BCUT2D eigenvalue weighted by molar-refractivity contribution is 7.22. The van der Waals surface area contributed by atoms with Gasteiger partial charge in [0.25, 0.3) is 5.91 Å². The van der Waals surface area contributed by atoms with Crippen molar-refractivity contribution >= 4 is 44.2 Å². The summed E-state index contributed by atoms with van der Waals surface area (Å²) in [6.07, 6.45) is 4.45. The lowest BCUT2D eigenvalue weighted by atomic mass is 10.2. The zero-order valence-corrected chi connectivity index (χ0v) is 16.9. The summed E-state index contributed by atoms with van der Waals surface area (Å²) >= 11 is 7.63. The average Bonchev–Trinajstić information content (AvgIpc) is 3.15. The first-order chi connectivity index (χ1) is 13.6. The van der Waals surface area contributed by atoms with Gasteiger partial charge in [0.05, 0.1) is 16.8 Å². The number of fused-ring (bicyclic) bond motifs is 1. The Morgan fingerprint density at radius 1 is 1.11 bits per heavy atom. The minimum absolute atomic E-state index is 0.138. The molecule has 0 bridgehead atoms. The molecule has 28 heavy (non-hydrogen) atoms. The molecule has 140 valence electrons. The van der Waals surface area contributed by atoms with E-state index in [1.165, 1.54) is 16.9 Å². The number of thiazole rings is 1. The molecule has 1 amide bonds. The van der Waals surface area contributed by atoms with Crippen LogP contribution in [0.15, 0.2) is 67.0 Å². The lowest BCUT2D eigenvalue weighted by molar-refractivity contribution is 0.0985. The lowest BCUT2D eigenvalue weighted by Crippen LogP contribution is -2.30. The number of nitrogens with zero attached hydrogens (tertiary/aromatic N) is 3. The van der Waals surface area contributed by atoms with Crippen molar-refractivity contribution in [2.24, 2.45) is 0 Å². The van der Waals surface area contributed by atoms with Crippen LogP contribution in [0, 0.1) is 0 Å². The number of pyridine rings is 1. The van der Waals surface area contributed by atoms with Gasteiger partial charge in [-0.05, 0) is 53.9 Å². The first kappa shape index (κ1) is 18.6. The number of carbonyl (C=O) groups is 1. The van der Waals surface area contributed by atoms with Gasteiger partial charge in [-0.25, -0.2) is 4.98 Å². The SMILES string of the molecule is CCc1ccc2nc(N(Cc3cccnc3)C(=O)c3cccc(Cl)c3)sc2c1. The van der Waals surface area contributed by atoms with E-state index in [1.807, 2.05) is 18.2 Å². The van der Waals surface area contributed by atoms with Crippen molar-refractivity contribution in [2.45, 2.75) is 19.9 Å². The highest BCUT2D eigenvalue weighted by Gasteiger charge is 2.22. The summed E-state index contributed by atoms with van der Waals surface area (Å²) in [6.45, 7) is 2.51. The summed E-state index contributed by atoms with van der Waals surface area (Å²) in [5.41, 5.74) is 3.62. The molecule has 4 rings (SSSR count). The maximum Gasteiger partial charge on any atom is 0.260 e. The Morgan fingerprint density at radius 2 is 2.00 bits per heavy atom. The van der Waals surface area contributed by atoms with Gasteiger partial charge in [-0.1, -0.05) is 48.1 Å². The Hall–Kier alpha value is -2.76. The molecule has 0 radical (unpaired) electrons. The monoisotopic (exact) mass is 407 g/mol. The Labute approximate surface area is 172 Å². The van der Waals surface area contributed by atoms with E-state index in [1.54, 1.807) is 41.6 Å². The van der Waals surface area contributed by atoms with E-state index < -0.39 is 0 Å². The quantitative estimate of drug-likeness (QED) is 0.423. The molecular weight excluding hydrogens is 390 g/mol. The Morgan fingerprint density at radius 3 is 2.75 bits per heavy atom. The van der Waals surface area contributed by atoms with Crippen molar-refractivity contribution in [3.63, 3.8) is 0 Å². The van der Waals surface area contributed by atoms with E-state index in [0.717, 1.165) is 22.2 Å². The minimum Gasteiger partial charge on any atom is -0.279 e. The van der Waals surface area contributed by atoms with Gasteiger partial charge in [0.1, 0.15) is 0 Å². The Bertz CT molecular complexity index is 1130. The fourth-order valence-electron chi connectivity index (χ4n) is 2.97. The highest BCUT2D eigenvalue weighted by Crippen LogP contribution is 2.31. The molecule has 0 saturated heterocycles. The van der Waals surface area contributed by atoms with Crippen LogP contribution in [0.1, 0.15) is 28.4 Å². The molecule has 6 heteroatoms. The number of amides is 1. The van der Waals surface area contributed by atoms with Gasteiger partial charge in [0, 0.05) is 23.0 Å². The van der Waals surface area contributed by atoms with Gasteiger partial charge >= 0.3 is 0 Å². The third-order valence-corrected chi connectivity index (χ3v) is 5.74. The maximum absolute atomic E-state index is 13.3. The number of benzene rings is 2. The van der Waals surface area contributed by atoms with Gasteiger partial charge in [0.15, 0.2) is 5.13 Å². The molecular formula is C22H18ClN3OS. The van der Waals surface area contributed by atoms with E-state index in [9.17, 15) is 4.79 Å². The highest BCUT2D eigenvalue weighted by atomic mass is 35.5. The Kier molecular flexibility index (Phi) is 5.37. The van der Waals surface area contributed by atoms with Crippen molar-refractivity contribution in [3.05, 3.63) is 88.7 Å². The molecule has 0 aliphatic heterocycles. The molecule has 2 heterocycles. The van der Waals surface area contributed by atoms with Crippen LogP contribution in [0.25, 0.3) is 10.2 Å². The van der Waals surface area contributed by atoms with Crippen LogP contribution in [-0.4, -0.2) is 15.9 Å². The van der Waals surface area contributed by atoms with Crippen molar-refractivity contribution in [3.8, 4) is 0 Å². The topological polar surface area (TPSA) is 46.1 Å². The molecule has 0 atom stereocenters. The number of halogens is 1. The number of carbonyl (C=O) groups excluding carboxylic acids is 1. The first-order valence-corrected chi connectivity index (χ1v) is 10.2. The van der Waals surface area contributed by atoms with Crippen molar-refractivity contribution in [1.29, 1.82) is 0 Å². The fraction of sp³-hybridized carbons (Fsp3) is 0.136. The second-order valence-corrected chi connectivity index (χ2v) is 7.86. The molecule has 0 unspecified atom stereocenters. The summed E-state index contributed by atoms with van der Waals surface area (Å²) in [6, 6.07) is 17.0. The standard InChI is InChI=1S/C22H18ClN3OS/c1-2-15-8-9-19-20(11-15)28-22(25-19)26(14-16-5-4-10-24-13-16)21(27)17-6-3-7-18(23)12-17/h3-13H,2,14H2,1H3. The molecule has 0 N–H and O–H groups in total. The average molecular weight is 408 g/mol. The molecule has 4 aromatic rings. The summed E-state index contributed by atoms with van der Waals surface area (Å²) in [5.74, 6) is -0.138. The molecule has 2 aromatic heterocycles. The smallest absolute Gasteiger partial charge is 0.260 e. The number of anilines is 1. The van der Waals surface area contributed by atoms with Crippen molar-refractivity contribution in [1.82, 2.24) is 9.97 Å². The van der Waals surface area contributed by atoms with Crippen LogP contribution in [-0.2, 0) is 13.0 Å². The predicted octanol–water partition coefficient (Wildman–Crippen LogP) is 5.75. The number of rotatable bonds is 5.